The van der Waals surface area contributed by atoms with Crippen LogP contribution in [-0.4, -0.2) is 64.8 Å². The van der Waals surface area contributed by atoms with Crippen molar-refractivity contribution in [1.29, 1.82) is 0 Å². The predicted molar refractivity (Wildman–Crippen MR) is 191 cm³/mol. The highest BCUT2D eigenvalue weighted by Crippen LogP contribution is 2.35. The first-order valence-corrected chi connectivity index (χ1v) is 16.9. The lowest BCUT2D eigenvalue weighted by molar-refractivity contribution is 0.102. The molecule has 1 aliphatic heterocycles. The van der Waals surface area contributed by atoms with Crippen LogP contribution in [0.5, 0.6) is 23.1 Å². The van der Waals surface area contributed by atoms with Crippen LogP contribution in [0.4, 0.5) is 21.7 Å². The van der Waals surface area contributed by atoms with E-state index in [0.717, 1.165) is 42.6 Å². The molecule has 0 saturated carbocycles. The minimum absolute atomic E-state index is 0.0264. The number of likely N-dealkylation sites (tertiary alicyclic amines) is 1. The minimum atomic E-state index is -0.510. The number of halogens is 1. The topological polar surface area (TPSA) is 137 Å². The number of rotatable bonds is 13. The van der Waals surface area contributed by atoms with Crippen LogP contribution in [0.1, 0.15) is 51.6 Å². The number of hydrogen-bond acceptors (Lipinski definition) is 11. The number of benzene rings is 3. The zero-order valence-electron chi connectivity index (χ0n) is 29.5. The molecule has 12 nitrogen and oxygen atoms in total. The number of ether oxygens (including phenoxy) is 3. The van der Waals surface area contributed by atoms with E-state index in [1.807, 2.05) is 44.2 Å². The number of piperidine rings is 1. The molecule has 3 aromatic carbocycles. The van der Waals surface area contributed by atoms with Gasteiger partial charge in [-0.05, 0) is 94.6 Å². The fourth-order valence-electron chi connectivity index (χ4n) is 6.04. The van der Waals surface area contributed by atoms with Gasteiger partial charge in [-0.15, -0.1) is 0 Å². The minimum Gasteiger partial charge on any atom is -0.493 e. The summed E-state index contributed by atoms with van der Waals surface area (Å²) in [6.45, 7) is 8.06. The van der Waals surface area contributed by atoms with Gasteiger partial charge in [0.1, 0.15) is 5.56 Å². The van der Waals surface area contributed by atoms with Crippen molar-refractivity contribution in [3.63, 3.8) is 0 Å². The summed E-state index contributed by atoms with van der Waals surface area (Å²) in [5.74, 6) is 1.52. The van der Waals surface area contributed by atoms with Gasteiger partial charge in [-0.1, -0.05) is 29.4 Å². The molecule has 2 aromatic heterocycles. The second-order valence-corrected chi connectivity index (χ2v) is 12.8. The molecule has 1 atom stereocenters. The molecule has 0 spiro atoms. The van der Waals surface area contributed by atoms with Gasteiger partial charge >= 0.3 is 0 Å². The number of amides is 1. The summed E-state index contributed by atoms with van der Waals surface area (Å²) in [4.78, 5) is 29.2. The number of aromatic nitrogens is 4. The Kier molecular flexibility index (Phi) is 11.1. The Labute approximate surface area is 296 Å². The fourth-order valence-corrected chi connectivity index (χ4v) is 6.04. The average Bonchev–Trinajstić information content (AvgIpc) is 3.54. The third-order valence-electron chi connectivity index (χ3n) is 8.73. The van der Waals surface area contributed by atoms with Crippen LogP contribution in [-0.2, 0) is 12.8 Å². The molecule has 3 heterocycles. The van der Waals surface area contributed by atoms with Crippen molar-refractivity contribution in [3.8, 4) is 23.1 Å². The van der Waals surface area contributed by atoms with Crippen molar-refractivity contribution >= 4 is 23.2 Å². The van der Waals surface area contributed by atoms with Crippen LogP contribution in [0.2, 0.25) is 0 Å². The van der Waals surface area contributed by atoms with E-state index >= 15 is 4.39 Å². The van der Waals surface area contributed by atoms with Gasteiger partial charge in [0.15, 0.2) is 28.9 Å². The van der Waals surface area contributed by atoms with Gasteiger partial charge in [-0.3, -0.25) is 4.79 Å². The van der Waals surface area contributed by atoms with Gasteiger partial charge in [-0.2, -0.15) is 9.97 Å². The number of aryl methyl sites for hydroxylation is 5. The molecule has 13 heteroatoms. The molecular formula is C38H42FN7O5. The maximum absolute atomic E-state index is 15.1. The van der Waals surface area contributed by atoms with Crippen molar-refractivity contribution in [2.75, 3.05) is 44.5 Å². The Bertz CT molecular complexity index is 1980. The van der Waals surface area contributed by atoms with Gasteiger partial charge < -0.3 is 34.3 Å². The highest BCUT2D eigenvalue weighted by Gasteiger charge is 2.22. The highest BCUT2D eigenvalue weighted by molar-refractivity contribution is 6.06. The number of hydrogen-bond donors (Lipinski definition) is 2. The van der Waals surface area contributed by atoms with Crippen LogP contribution < -0.4 is 24.8 Å². The summed E-state index contributed by atoms with van der Waals surface area (Å²) in [7, 11) is 3.62. The van der Waals surface area contributed by atoms with E-state index in [0.29, 0.717) is 60.0 Å². The number of anilines is 3. The SMILES string of the molecule is COc1cc(CCc2nc(C)no2)ccc1Oc1nc(Nc2ccc(OCC3CCCN(C)C3)c(F)c2)ncc1C(=O)Nc1c(C)cccc1C. The van der Waals surface area contributed by atoms with Gasteiger partial charge in [-0.25, -0.2) is 9.37 Å². The summed E-state index contributed by atoms with van der Waals surface area (Å²) in [5.41, 5.74) is 3.92. The third kappa shape index (κ3) is 8.97. The molecule has 0 bridgehead atoms. The summed E-state index contributed by atoms with van der Waals surface area (Å²) in [5, 5.41) is 9.85. The Morgan fingerprint density at radius 3 is 2.55 bits per heavy atom. The van der Waals surface area contributed by atoms with Gasteiger partial charge in [0, 0.05) is 42.5 Å². The second kappa shape index (κ2) is 16.0. The average molecular weight is 696 g/mol. The molecule has 0 aliphatic carbocycles. The van der Waals surface area contributed by atoms with Crippen molar-refractivity contribution < 1.29 is 27.9 Å². The largest absolute Gasteiger partial charge is 0.493 e. The maximum atomic E-state index is 15.1. The van der Waals surface area contributed by atoms with E-state index in [9.17, 15) is 4.79 Å². The van der Waals surface area contributed by atoms with Gasteiger partial charge in [0.2, 0.25) is 17.7 Å². The number of methoxy groups -OCH3 is 1. The Hall–Kier alpha value is -5.56. The molecule has 1 fully saturated rings. The molecule has 1 saturated heterocycles. The van der Waals surface area contributed by atoms with E-state index < -0.39 is 11.7 Å². The first kappa shape index (κ1) is 35.3. The molecule has 5 aromatic rings. The predicted octanol–water partition coefficient (Wildman–Crippen LogP) is 7.23. The summed E-state index contributed by atoms with van der Waals surface area (Å²) >= 11 is 0. The van der Waals surface area contributed by atoms with Crippen molar-refractivity contribution in [1.82, 2.24) is 25.0 Å². The molecule has 0 radical (unpaired) electrons. The second-order valence-electron chi connectivity index (χ2n) is 12.8. The lowest BCUT2D eigenvalue weighted by atomic mass is 10.00. The highest BCUT2D eigenvalue weighted by atomic mass is 19.1. The normalized spacial score (nSPS) is 14.6. The first-order chi connectivity index (χ1) is 24.6. The zero-order valence-corrected chi connectivity index (χ0v) is 29.5. The number of para-hydroxylation sites is 1. The van der Waals surface area contributed by atoms with E-state index in [2.05, 4.69) is 42.7 Å². The molecule has 51 heavy (non-hydrogen) atoms. The van der Waals surface area contributed by atoms with E-state index in [-0.39, 0.29) is 23.1 Å². The molecule has 6 rings (SSSR count). The number of carbonyl (C=O) groups excluding carboxylic acids is 1. The van der Waals surface area contributed by atoms with Crippen molar-refractivity contribution in [3.05, 3.63) is 101 Å². The van der Waals surface area contributed by atoms with Crippen molar-refractivity contribution in [2.24, 2.45) is 5.92 Å². The van der Waals surface area contributed by atoms with E-state index in [1.165, 1.54) is 19.4 Å². The smallest absolute Gasteiger partial charge is 0.262 e. The zero-order chi connectivity index (χ0) is 35.9. The number of nitrogens with one attached hydrogen (secondary N) is 2. The lowest BCUT2D eigenvalue weighted by Gasteiger charge is -2.29. The number of nitrogens with zero attached hydrogens (tertiary/aromatic N) is 5. The monoisotopic (exact) mass is 695 g/mol. The Balaban J connectivity index is 1.23. The van der Waals surface area contributed by atoms with Crippen LogP contribution in [0, 0.1) is 32.5 Å². The third-order valence-corrected chi connectivity index (χ3v) is 8.73. The van der Waals surface area contributed by atoms with E-state index in [1.54, 1.807) is 25.1 Å². The summed E-state index contributed by atoms with van der Waals surface area (Å²) in [6.07, 6.45) is 4.72. The molecule has 266 valence electrons. The van der Waals surface area contributed by atoms with Crippen LogP contribution in [0.15, 0.2) is 65.3 Å². The van der Waals surface area contributed by atoms with Crippen LogP contribution in [0.3, 0.4) is 0 Å². The summed E-state index contributed by atoms with van der Waals surface area (Å²) < 4.78 is 38.2. The van der Waals surface area contributed by atoms with Gasteiger partial charge in [0.05, 0.1) is 13.7 Å². The number of carbonyl (C=O) groups is 1. The summed E-state index contributed by atoms with van der Waals surface area (Å²) in [6, 6.07) is 15.8. The standard InChI is InChI=1S/C38H42FN7O5/c1-23-8-6-9-24(2)35(23)43-36(47)29-20-40-38(42-28-13-15-31(30(39)19-28)49-22-27-10-7-17-46(4)21-27)44-37(29)50-32-14-11-26(18-33(32)48-5)12-16-34-41-25(3)45-51-34/h6,8-9,11,13-15,18-20,27H,7,10,12,16-17,21-22H2,1-5H3,(H,43,47)(H,40,42,44). The quantitative estimate of drug-likeness (QED) is 0.129. The Morgan fingerprint density at radius 1 is 1.02 bits per heavy atom. The molecular weight excluding hydrogens is 653 g/mol. The lowest BCUT2D eigenvalue weighted by Crippen LogP contribution is -2.34. The molecule has 2 N–H and O–H groups in total. The maximum Gasteiger partial charge on any atom is 0.262 e. The van der Waals surface area contributed by atoms with Crippen LogP contribution in [0.25, 0.3) is 0 Å². The molecule has 1 unspecified atom stereocenters. The molecule has 1 amide bonds. The van der Waals surface area contributed by atoms with Crippen LogP contribution >= 0.6 is 0 Å². The Morgan fingerprint density at radius 2 is 1.82 bits per heavy atom. The molecule has 1 aliphatic rings. The fraction of sp³-hybridized carbons (Fsp3) is 0.342. The van der Waals surface area contributed by atoms with Crippen molar-refractivity contribution in [2.45, 2.75) is 46.5 Å². The van der Waals surface area contributed by atoms with E-state index in [4.69, 9.17) is 18.7 Å². The first-order valence-electron chi connectivity index (χ1n) is 16.9. The van der Waals surface area contributed by atoms with Gasteiger partial charge in [0.25, 0.3) is 5.91 Å².